The largest absolute Gasteiger partial charge is 0.384 e. The van der Waals surface area contributed by atoms with E-state index >= 15 is 0 Å². The van der Waals surface area contributed by atoms with Crippen molar-refractivity contribution in [2.45, 2.75) is 50.7 Å². The van der Waals surface area contributed by atoms with Gasteiger partial charge in [-0.3, -0.25) is 9.59 Å². The first-order valence-electron chi connectivity index (χ1n) is 9.77. The number of ether oxygens (including phenoxy) is 1. The van der Waals surface area contributed by atoms with Gasteiger partial charge in [0.1, 0.15) is 6.04 Å². The first-order valence-corrected chi connectivity index (χ1v) is 9.77. The molecule has 0 aliphatic carbocycles. The molecule has 3 aliphatic rings. The van der Waals surface area contributed by atoms with Gasteiger partial charge in [-0.25, -0.2) is 0 Å². The van der Waals surface area contributed by atoms with Gasteiger partial charge in [-0.15, -0.1) is 12.4 Å². The maximum absolute atomic E-state index is 13.0. The normalized spacial score (nSPS) is 29.0. The Morgan fingerprint density at radius 2 is 2.21 bits per heavy atom. The van der Waals surface area contributed by atoms with E-state index in [4.69, 9.17) is 9.26 Å². The molecule has 1 aromatic rings. The number of aromatic nitrogens is 2. The lowest BCUT2D eigenvalue weighted by Gasteiger charge is -2.53. The first-order chi connectivity index (χ1) is 13.2. The lowest BCUT2D eigenvalue weighted by molar-refractivity contribution is -0.157. The third-order valence-electron chi connectivity index (χ3n) is 5.96. The standard InChI is InChI=1S/C18H27N5O4.ClH/c1-26-6-5-15-21-14(22-27-15)10-20-18(25)17-12-7-11(8-19-9-12)13-3-2-4-16(24)23(13)17;/h11-13,17,19H,2-10H2,1H3,(H,20,25);1H/t11-,12+,13+,17-;/m1./s1. The second-order valence-electron chi connectivity index (χ2n) is 7.68. The molecule has 0 unspecified atom stereocenters. The molecule has 2 N–H and O–H groups in total. The van der Waals surface area contributed by atoms with Gasteiger partial charge in [-0.05, 0) is 31.7 Å². The van der Waals surface area contributed by atoms with Crippen molar-refractivity contribution < 1.29 is 18.8 Å². The Labute approximate surface area is 170 Å². The van der Waals surface area contributed by atoms with Gasteiger partial charge in [0.15, 0.2) is 5.82 Å². The molecule has 0 saturated carbocycles. The summed E-state index contributed by atoms with van der Waals surface area (Å²) in [5, 5.41) is 10.3. The third kappa shape index (κ3) is 4.16. The van der Waals surface area contributed by atoms with Crippen LogP contribution in [0, 0.1) is 11.8 Å². The SMILES string of the molecule is COCCc1nc(CNC(=O)[C@H]2[C@@H]3CNC[C@@H](C3)[C@@H]3CCCC(=O)N32)no1.Cl. The van der Waals surface area contributed by atoms with Crippen LogP contribution in [0.15, 0.2) is 4.52 Å². The van der Waals surface area contributed by atoms with Crippen molar-refractivity contribution in [3.05, 3.63) is 11.7 Å². The maximum Gasteiger partial charge on any atom is 0.243 e. The van der Waals surface area contributed by atoms with E-state index < -0.39 is 6.04 Å². The molecular weight excluding hydrogens is 386 g/mol. The summed E-state index contributed by atoms with van der Waals surface area (Å²) in [6.07, 6.45) is 3.99. The fourth-order valence-corrected chi connectivity index (χ4v) is 4.77. The fourth-order valence-electron chi connectivity index (χ4n) is 4.77. The lowest BCUT2D eigenvalue weighted by atomic mass is 9.72. The van der Waals surface area contributed by atoms with Crippen molar-refractivity contribution >= 4 is 24.2 Å². The molecule has 10 heteroatoms. The molecule has 3 fully saturated rings. The summed E-state index contributed by atoms with van der Waals surface area (Å²) in [6.45, 7) is 2.41. The van der Waals surface area contributed by atoms with Crippen LogP contribution in [0.5, 0.6) is 0 Å². The van der Waals surface area contributed by atoms with E-state index in [9.17, 15) is 9.59 Å². The van der Waals surface area contributed by atoms with Crippen LogP contribution in [0.2, 0.25) is 0 Å². The van der Waals surface area contributed by atoms with Crippen molar-refractivity contribution in [2.75, 3.05) is 26.8 Å². The number of amides is 2. The zero-order valence-corrected chi connectivity index (χ0v) is 16.9. The summed E-state index contributed by atoms with van der Waals surface area (Å²) in [5.41, 5.74) is 0. The number of nitrogens with zero attached hydrogens (tertiary/aromatic N) is 3. The van der Waals surface area contributed by atoms with Crippen LogP contribution in [0.25, 0.3) is 0 Å². The number of methoxy groups -OCH3 is 1. The minimum atomic E-state index is -0.410. The molecule has 4 heterocycles. The minimum absolute atomic E-state index is 0. The highest BCUT2D eigenvalue weighted by Crippen LogP contribution is 2.39. The molecule has 3 aliphatic heterocycles. The molecule has 0 aromatic carbocycles. The molecule has 3 saturated heterocycles. The summed E-state index contributed by atoms with van der Waals surface area (Å²) in [4.78, 5) is 31.8. The zero-order valence-electron chi connectivity index (χ0n) is 16.1. The number of hydrogen-bond donors (Lipinski definition) is 2. The highest BCUT2D eigenvalue weighted by Gasteiger charge is 2.50. The van der Waals surface area contributed by atoms with Gasteiger partial charge in [0.2, 0.25) is 17.7 Å². The van der Waals surface area contributed by atoms with Crippen LogP contribution in [0.1, 0.15) is 37.4 Å². The summed E-state index contributed by atoms with van der Waals surface area (Å²) in [5.74, 6) is 1.54. The Morgan fingerprint density at radius 1 is 1.39 bits per heavy atom. The second-order valence-corrected chi connectivity index (χ2v) is 7.68. The summed E-state index contributed by atoms with van der Waals surface area (Å²) < 4.78 is 10.1. The van der Waals surface area contributed by atoms with E-state index in [1.54, 1.807) is 7.11 Å². The molecule has 2 amide bonds. The third-order valence-corrected chi connectivity index (χ3v) is 5.96. The van der Waals surface area contributed by atoms with Gasteiger partial charge in [-0.1, -0.05) is 5.16 Å². The summed E-state index contributed by atoms with van der Waals surface area (Å²) in [7, 11) is 1.61. The smallest absolute Gasteiger partial charge is 0.243 e. The number of piperidine rings is 3. The molecule has 0 spiro atoms. The monoisotopic (exact) mass is 413 g/mol. The number of rotatable bonds is 6. The second kappa shape index (κ2) is 9.19. The summed E-state index contributed by atoms with van der Waals surface area (Å²) >= 11 is 0. The molecule has 2 bridgehead atoms. The van der Waals surface area contributed by atoms with Crippen LogP contribution >= 0.6 is 12.4 Å². The van der Waals surface area contributed by atoms with Gasteiger partial charge in [0.05, 0.1) is 19.6 Å². The van der Waals surface area contributed by atoms with Gasteiger partial charge < -0.3 is 24.8 Å². The van der Waals surface area contributed by atoms with Crippen molar-refractivity contribution in [3.8, 4) is 0 Å². The molecule has 4 atom stereocenters. The van der Waals surface area contributed by atoms with Crippen LogP contribution in [0.4, 0.5) is 0 Å². The Balaban J connectivity index is 0.00000225. The minimum Gasteiger partial charge on any atom is -0.384 e. The Kier molecular flexibility index (Phi) is 6.90. The topological polar surface area (TPSA) is 110 Å². The van der Waals surface area contributed by atoms with E-state index in [1.807, 2.05) is 4.90 Å². The van der Waals surface area contributed by atoms with Crippen molar-refractivity contribution in [3.63, 3.8) is 0 Å². The molecule has 4 rings (SSSR count). The van der Waals surface area contributed by atoms with E-state index in [2.05, 4.69) is 20.8 Å². The Hall–Kier alpha value is -1.71. The molecule has 28 heavy (non-hydrogen) atoms. The van der Waals surface area contributed by atoms with Gasteiger partial charge in [-0.2, -0.15) is 4.98 Å². The van der Waals surface area contributed by atoms with Gasteiger partial charge in [0, 0.05) is 32.0 Å². The average Bonchev–Trinajstić information content (AvgIpc) is 3.14. The van der Waals surface area contributed by atoms with Gasteiger partial charge >= 0.3 is 0 Å². The van der Waals surface area contributed by atoms with Crippen molar-refractivity contribution in [1.82, 2.24) is 25.7 Å². The number of halogens is 1. The quantitative estimate of drug-likeness (QED) is 0.689. The lowest BCUT2D eigenvalue weighted by Crippen LogP contribution is -2.67. The number of nitrogens with one attached hydrogen (secondary N) is 2. The molecule has 156 valence electrons. The van der Waals surface area contributed by atoms with E-state index in [-0.39, 0.29) is 42.7 Å². The van der Waals surface area contributed by atoms with E-state index in [0.29, 0.717) is 37.1 Å². The van der Waals surface area contributed by atoms with Crippen molar-refractivity contribution in [2.24, 2.45) is 11.8 Å². The Morgan fingerprint density at radius 3 is 3.04 bits per heavy atom. The molecule has 1 aromatic heterocycles. The molecule has 9 nitrogen and oxygen atoms in total. The maximum atomic E-state index is 13.0. The predicted octanol–water partition coefficient (Wildman–Crippen LogP) is 0.286. The first kappa shape index (κ1) is 21.0. The van der Waals surface area contributed by atoms with Crippen LogP contribution in [0.3, 0.4) is 0 Å². The Bertz CT molecular complexity index is 699. The van der Waals surface area contributed by atoms with Crippen LogP contribution < -0.4 is 10.6 Å². The fraction of sp³-hybridized carbons (Fsp3) is 0.778. The number of carbonyl (C=O) groups excluding carboxylic acids is 2. The van der Waals surface area contributed by atoms with Gasteiger partial charge in [0.25, 0.3) is 0 Å². The number of hydrogen-bond acceptors (Lipinski definition) is 7. The highest BCUT2D eigenvalue weighted by molar-refractivity contribution is 5.89. The van der Waals surface area contributed by atoms with Crippen LogP contribution in [-0.4, -0.2) is 65.7 Å². The molecular formula is C18H28ClN5O4. The summed E-state index contributed by atoms with van der Waals surface area (Å²) in [6, 6.07) is -0.233. The van der Waals surface area contributed by atoms with E-state index in [0.717, 1.165) is 32.4 Å². The average molecular weight is 414 g/mol. The number of carbonyl (C=O) groups is 2. The van der Waals surface area contributed by atoms with Crippen LogP contribution in [-0.2, 0) is 27.3 Å². The predicted molar refractivity (Wildman–Crippen MR) is 102 cm³/mol. The van der Waals surface area contributed by atoms with Crippen molar-refractivity contribution in [1.29, 1.82) is 0 Å². The number of fused-ring (bicyclic) bond motifs is 4. The van der Waals surface area contributed by atoms with E-state index in [1.165, 1.54) is 0 Å². The highest BCUT2D eigenvalue weighted by atomic mass is 35.5. The zero-order chi connectivity index (χ0) is 18.8. The molecule has 0 radical (unpaired) electrons.